The van der Waals surface area contributed by atoms with Crippen LogP contribution in [0.25, 0.3) is 0 Å². The van der Waals surface area contributed by atoms with Crippen LogP contribution in [-0.4, -0.2) is 33.3 Å². The predicted octanol–water partition coefficient (Wildman–Crippen LogP) is 1.25. The van der Waals surface area contributed by atoms with Gasteiger partial charge in [0.1, 0.15) is 6.54 Å². The normalized spacial score (nSPS) is 11.9. The summed E-state index contributed by atoms with van der Waals surface area (Å²) in [5.74, 6) is -1.82. The summed E-state index contributed by atoms with van der Waals surface area (Å²) < 4.78 is 1.49. The van der Waals surface area contributed by atoms with Crippen LogP contribution in [0.3, 0.4) is 0 Å². The molecule has 1 atom stereocenters. The molecule has 2 aromatic rings. The Kier molecular flexibility index (Phi) is 5.30. The van der Waals surface area contributed by atoms with Crippen molar-refractivity contribution in [1.29, 1.82) is 0 Å². The zero-order chi connectivity index (χ0) is 15.9. The van der Waals surface area contributed by atoms with E-state index in [4.69, 9.17) is 0 Å². The molecule has 0 fully saturated rings. The molecule has 2 N–H and O–H groups in total. The van der Waals surface area contributed by atoms with Crippen LogP contribution in [-0.2, 0) is 22.6 Å². The maximum absolute atomic E-state index is 11.8. The summed E-state index contributed by atoms with van der Waals surface area (Å²) in [7, 11) is 0. The van der Waals surface area contributed by atoms with Crippen molar-refractivity contribution in [2.24, 2.45) is 5.92 Å². The highest BCUT2D eigenvalue weighted by molar-refractivity contribution is 5.77. The molecule has 116 valence electrons. The Bertz CT molecular complexity index is 638. The minimum atomic E-state index is -0.916. The molecule has 1 aromatic carbocycles. The molecule has 1 unspecified atom stereocenters. The van der Waals surface area contributed by atoms with Crippen LogP contribution in [0.2, 0.25) is 0 Å². The van der Waals surface area contributed by atoms with E-state index in [1.54, 1.807) is 18.5 Å². The molecule has 0 saturated carbocycles. The predicted molar refractivity (Wildman–Crippen MR) is 81.2 cm³/mol. The first kappa shape index (κ1) is 15.8. The Hall–Kier alpha value is -2.63. The zero-order valence-corrected chi connectivity index (χ0v) is 12.4. The second-order valence-electron chi connectivity index (χ2n) is 5.24. The standard InChI is InChI=1S/C16H19N3O3/c1-12-4-2-5-13(8-12)9-14(16(21)22)10-17-15(20)11-19-7-3-6-18-19/h2-8,14H,9-11H2,1H3,(H,17,20)(H,21,22). The van der Waals surface area contributed by atoms with Gasteiger partial charge in [0, 0.05) is 18.9 Å². The van der Waals surface area contributed by atoms with Gasteiger partial charge in [-0.2, -0.15) is 5.10 Å². The highest BCUT2D eigenvalue weighted by Crippen LogP contribution is 2.11. The third-order valence-electron chi connectivity index (χ3n) is 3.32. The summed E-state index contributed by atoms with van der Waals surface area (Å²) in [6, 6.07) is 9.45. The summed E-state index contributed by atoms with van der Waals surface area (Å²) in [4.78, 5) is 23.1. The van der Waals surface area contributed by atoms with Crippen molar-refractivity contribution in [2.45, 2.75) is 19.9 Å². The van der Waals surface area contributed by atoms with Gasteiger partial charge in [0.2, 0.25) is 5.91 Å². The lowest BCUT2D eigenvalue weighted by Crippen LogP contribution is -2.36. The van der Waals surface area contributed by atoms with Crippen LogP contribution in [0.15, 0.2) is 42.7 Å². The largest absolute Gasteiger partial charge is 0.481 e. The Balaban J connectivity index is 1.89. The van der Waals surface area contributed by atoms with E-state index in [2.05, 4.69) is 10.4 Å². The molecule has 0 bridgehead atoms. The van der Waals surface area contributed by atoms with Gasteiger partial charge in [-0.3, -0.25) is 14.3 Å². The third kappa shape index (κ3) is 4.73. The van der Waals surface area contributed by atoms with Crippen molar-refractivity contribution in [1.82, 2.24) is 15.1 Å². The lowest BCUT2D eigenvalue weighted by atomic mass is 9.98. The second-order valence-corrected chi connectivity index (χ2v) is 5.24. The average Bonchev–Trinajstić information content (AvgIpc) is 2.96. The number of carboxylic acids is 1. The van der Waals surface area contributed by atoms with Gasteiger partial charge < -0.3 is 10.4 Å². The molecule has 1 heterocycles. The molecule has 0 saturated heterocycles. The molecular weight excluding hydrogens is 282 g/mol. The van der Waals surface area contributed by atoms with Gasteiger partial charge in [0.15, 0.2) is 0 Å². The fraction of sp³-hybridized carbons (Fsp3) is 0.312. The summed E-state index contributed by atoms with van der Waals surface area (Å²) in [6.07, 6.45) is 3.66. The number of aliphatic carboxylic acids is 1. The van der Waals surface area contributed by atoms with Crippen LogP contribution in [0, 0.1) is 12.8 Å². The summed E-state index contributed by atoms with van der Waals surface area (Å²) >= 11 is 0. The van der Waals surface area contributed by atoms with Gasteiger partial charge in [-0.05, 0) is 25.0 Å². The number of aromatic nitrogens is 2. The maximum Gasteiger partial charge on any atom is 0.308 e. The Morgan fingerprint density at radius 3 is 2.82 bits per heavy atom. The van der Waals surface area contributed by atoms with E-state index in [1.165, 1.54) is 4.68 Å². The maximum atomic E-state index is 11.8. The number of hydrogen-bond donors (Lipinski definition) is 2. The lowest BCUT2D eigenvalue weighted by molar-refractivity contribution is -0.141. The topological polar surface area (TPSA) is 84.2 Å². The molecule has 0 aliphatic rings. The number of carbonyl (C=O) groups is 2. The molecule has 0 aliphatic carbocycles. The van der Waals surface area contributed by atoms with Crippen molar-refractivity contribution in [3.8, 4) is 0 Å². The lowest BCUT2D eigenvalue weighted by Gasteiger charge is -2.14. The van der Waals surface area contributed by atoms with Crippen LogP contribution in [0.5, 0.6) is 0 Å². The Morgan fingerprint density at radius 1 is 1.36 bits per heavy atom. The van der Waals surface area contributed by atoms with Gasteiger partial charge in [-0.1, -0.05) is 29.8 Å². The van der Waals surface area contributed by atoms with E-state index in [-0.39, 0.29) is 19.0 Å². The zero-order valence-electron chi connectivity index (χ0n) is 12.4. The Morgan fingerprint density at radius 2 is 2.18 bits per heavy atom. The molecule has 1 aromatic heterocycles. The molecule has 6 heteroatoms. The molecular formula is C16H19N3O3. The SMILES string of the molecule is Cc1cccc(CC(CNC(=O)Cn2cccn2)C(=O)O)c1. The second kappa shape index (κ2) is 7.40. The fourth-order valence-electron chi connectivity index (χ4n) is 2.20. The van der Waals surface area contributed by atoms with E-state index >= 15 is 0 Å². The minimum Gasteiger partial charge on any atom is -0.481 e. The number of carboxylic acid groups (broad SMARTS) is 1. The first-order valence-corrected chi connectivity index (χ1v) is 7.07. The molecule has 1 amide bonds. The number of amides is 1. The van der Waals surface area contributed by atoms with E-state index in [0.717, 1.165) is 11.1 Å². The third-order valence-corrected chi connectivity index (χ3v) is 3.32. The molecule has 0 radical (unpaired) electrons. The summed E-state index contributed by atoms with van der Waals surface area (Å²) in [5, 5.41) is 15.9. The highest BCUT2D eigenvalue weighted by atomic mass is 16.4. The number of nitrogens with zero attached hydrogens (tertiary/aromatic N) is 2. The van der Waals surface area contributed by atoms with Crippen molar-refractivity contribution < 1.29 is 14.7 Å². The number of hydrogen-bond acceptors (Lipinski definition) is 3. The van der Waals surface area contributed by atoms with Crippen LogP contribution >= 0.6 is 0 Å². The number of carbonyl (C=O) groups excluding carboxylic acids is 1. The molecule has 2 rings (SSSR count). The Labute approximate surface area is 128 Å². The van der Waals surface area contributed by atoms with Gasteiger partial charge in [-0.25, -0.2) is 0 Å². The van der Waals surface area contributed by atoms with E-state index in [1.807, 2.05) is 31.2 Å². The van der Waals surface area contributed by atoms with Gasteiger partial charge in [0.25, 0.3) is 0 Å². The molecule has 0 spiro atoms. The number of aryl methyl sites for hydroxylation is 1. The summed E-state index contributed by atoms with van der Waals surface area (Å²) in [5.41, 5.74) is 2.04. The van der Waals surface area contributed by atoms with Crippen molar-refractivity contribution in [2.75, 3.05) is 6.54 Å². The summed E-state index contributed by atoms with van der Waals surface area (Å²) in [6.45, 7) is 2.15. The van der Waals surface area contributed by atoms with Gasteiger partial charge in [0.05, 0.1) is 5.92 Å². The highest BCUT2D eigenvalue weighted by Gasteiger charge is 2.19. The monoisotopic (exact) mass is 301 g/mol. The number of nitrogens with one attached hydrogen (secondary N) is 1. The quantitative estimate of drug-likeness (QED) is 0.806. The van der Waals surface area contributed by atoms with E-state index in [9.17, 15) is 14.7 Å². The van der Waals surface area contributed by atoms with Crippen LogP contribution in [0.4, 0.5) is 0 Å². The average molecular weight is 301 g/mol. The van der Waals surface area contributed by atoms with E-state index < -0.39 is 11.9 Å². The van der Waals surface area contributed by atoms with Crippen LogP contribution in [0.1, 0.15) is 11.1 Å². The smallest absolute Gasteiger partial charge is 0.308 e. The molecule has 6 nitrogen and oxygen atoms in total. The van der Waals surface area contributed by atoms with Gasteiger partial charge in [-0.15, -0.1) is 0 Å². The van der Waals surface area contributed by atoms with Crippen LogP contribution < -0.4 is 5.32 Å². The molecule has 22 heavy (non-hydrogen) atoms. The first-order chi connectivity index (χ1) is 10.5. The first-order valence-electron chi connectivity index (χ1n) is 7.07. The minimum absolute atomic E-state index is 0.0871. The van der Waals surface area contributed by atoms with Crippen molar-refractivity contribution in [3.05, 3.63) is 53.9 Å². The van der Waals surface area contributed by atoms with E-state index in [0.29, 0.717) is 6.42 Å². The van der Waals surface area contributed by atoms with Crippen molar-refractivity contribution in [3.63, 3.8) is 0 Å². The molecule has 0 aliphatic heterocycles. The van der Waals surface area contributed by atoms with Crippen molar-refractivity contribution >= 4 is 11.9 Å². The number of benzene rings is 1. The fourth-order valence-corrected chi connectivity index (χ4v) is 2.20. The van der Waals surface area contributed by atoms with Gasteiger partial charge >= 0.3 is 5.97 Å². The number of rotatable bonds is 7.